The molecule has 2 aliphatic rings. The van der Waals surface area contributed by atoms with Crippen LogP contribution in [-0.4, -0.2) is 151 Å². The number of nitrogens with one attached hydrogen (secondary N) is 2. The van der Waals surface area contributed by atoms with E-state index < -0.39 is 127 Å². The van der Waals surface area contributed by atoms with Gasteiger partial charge in [-0.3, -0.25) is 9.59 Å². The Morgan fingerprint density at radius 3 is 1.42 bits per heavy atom. The van der Waals surface area contributed by atoms with Gasteiger partial charge in [0.05, 0.1) is 54.9 Å². The molecule has 0 aliphatic carbocycles. The van der Waals surface area contributed by atoms with Crippen molar-refractivity contribution in [2.45, 2.75) is 130 Å². The second kappa shape index (κ2) is 34.4. The average Bonchev–Trinajstić information content (AvgIpc) is 0.773. The third kappa shape index (κ3) is 19.1. The van der Waals surface area contributed by atoms with Crippen LogP contribution in [0, 0.1) is 25.7 Å². The third-order valence-electron chi connectivity index (χ3n) is 15.5. The minimum Gasteiger partial charge on any atom is -0.870 e. The molecule has 96 heavy (non-hydrogen) atoms. The van der Waals surface area contributed by atoms with E-state index in [-0.39, 0.29) is 116 Å². The van der Waals surface area contributed by atoms with E-state index in [4.69, 9.17) is 58.6 Å². The maximum absolute atomic E-state index is 13.3. The van der Waals surface area contributed by atoms with Crippen LogP contribution in [0.1, 0.15) is 98.4 Å². The number of phenols is 2. The number of hydrogen-bond acceptors (Lipinski definition) is 24. The Morgan fingerprint density at radius 1 is 0.635 bits per heavy atom. The molecule has 8 rings (SSSR count). The van der Waals surface area contributed by atoms with Gasteiger partial charge in [-0.05, 0) is 154 Å². The number of primary amides is 2. The molecule has 0 radical (unpaired) electrons. The van der Waals surface area contributed by atoms with E-state index in [1.165, 1.54) is 67.6 Å². The molecule has 0 spiro atoms. The molecule has 0 unspecified atom stereocenters. The normalized spacial score (nSPS) is 19.9. The first-order chi connectivity index (χ1) is 44.7. The fourth-order valence-corrected chi connectivity index (χ4v) is 10.4. The summed E-state index contributed by atoms with van der Waals surface area (Å²) in [7, 11) is 0. The summed E-state index contributed by atoms with van der Waals surface area (Å²) in [4.78, 5) is 75.5. The Morgan fingerprint density at radius 2 is 1.03 bits per heavy atom. The molecule has 4 amide bonds. The summed E-state index contributed by atoms with van der Waals surface area (Å²) < 4.78 is 50.7. The summed E-state index contributed by atoms with van der Waals surface area (Å²) in [6, 6.07) is 14.2. The Kier molecular flexibility index (Phi) is 28.3. The number of benzene rings is 4. The average molecular weight is 1420 g/mol. The predicted octanol–water partition coefficient (Wildman–Crippen LogP) is 2.85. The zero-order valence-corrected chi connectivity index (χ0v) is 58.4. The number of anilines is 2. The fraction of sp³-hybridized carbons (Fsp3) is 0.424. The number of carbonyl (C=O) groups is 4. The van der Waals surface area contributed by atoms with E-state index in [2.05, 4.69) is 26.6 Å². The van der Waals surface area contributed by atoms with Gasteiger partial charge in [0.15, 0.2) is 23.6 Å². The van der Waals surface area contributed by atoms with Crippen molar-refractivity contribution in [3.8, 4) is 34.5 Å². The van der Waals surface area contributed by atoms with Crippen molar-refractivity contribution >= 4 is 73.2 Å². The summed E-state index contributed by atoms with van der Waals surface area (Å²) in [5.41, 5.74) is 8.91. The van der Waals surface area contributed by atoms with Gasteiger partial charge in [-0.2, -0.15) is 0 Å². The molecule has 6 aromatic rings. The van der Waals surface area contributed by atoms with Crippen LogP contribution < -0.4 is 82.2 Å². The first kappa shape index (κ1) is 78.9. The van der Waals surface area contributed by atoms with Gasteiger partial charge in [0.25, 0.3) is 11.8 Å². The molecule has 28 nitrogen and oxygen atoms in total. The molecule has 4 aromatic carbocycles. The maximum atomic E-state index is 13.3. The van der Waals surface area contributed by atoms with E-state index in [1.807, 2.05) is 39.8 Å². The van der Waals surface area contributed by atoms with Gasteiger partial charge in [-0.1, -0.05) is 45.0 Å². The van der Waals surface area contributed by atoms with Gasteiger partial charge in [0.2, 0.25) is 12.6 Å². The van der Waals surface area contributed by atoms with Crippen molar-refractivity contribution in [3.63, 3.8) is 0 Å². The van der Waals surface area contributed by atoms with Crippen LogP contribution in [0.25, 0.3) is 21.9 Å². The van der Waals surface area contributed by atoms with E-state index >= 15 is 0 Å². The van der Waals surface area contributed by atoms with Crippen LogP contribution in [0.15, 0.2) is 102 Å². The Labute approximate surface area is 581 Å². The van der Waals surface area contributed by atoms with Crippen LogP contribution in [0.2, 0.25) is 0 Å². The number of carbonyl (C=O) groups excluding carboxylic acids is 4. The molecule has 14 N–H and O–H groups in total. The molecule has 30 heteroatoms. The van der Waals surface area contributed by atoms with Crippen LogP contribution in [0.4, 0.5) is 21.0 Å². The van der Waals surface area contributed by atoms with E-state index in [0.717, 1.165) is 11.1 Å². The summed E-state index contributed by atoms with van der Waals surface area (Å²) in [5.74, 6) is -3.71. The Bertz CT molecular complexity index is 3950. The fourth-order valence-electron chi connectivity index (χ4n) is 10.4. The SMILES string of the molecule is CC(C)=CCc1cc(C(=O)Nc2c(OCCO)c3ccc(O[C@@H]4OC(C)(C)[C@H](CO)[C@@H](OC(N)=O)[C@H]4O)c(C)c3oc2=O)ccc1O.CC(C)=CCc1cc(C(=O)Nc2c([O-])c3ccc(O[C@@H]4OC(C)(C)[C@H](CO)[C@@H](OC(N)=O)[C@H]4O)c(C)c3oc2=O)ccc1O.OCCBr.[Na+]. The van der Waals surface area contributed by atoms with E-state index in [1.54, 1.807) is 34.6 Å². The summed E-state index contributed by atoms with van der Waals surface area (Å²) in [6.07, 6.45) is -6.20. The molecule has 516 valence electrons. The Balaban J connectivity index is 0.000000326. The molecule has 2 fully saturated rings. The number of phenolic OH excluding ortho intramolecular Hbond substituents is 2. The zero-order chi connectivity index (χ0) is 70.6. The third-order valence-corrected chi connectivity index (χ3v) is 15.9. The second-order valence-electron chi connectivity index (χ2n) is 23.6. The number of amides is 4. The first-order valence-electron chi connectivity index (χ1n) is 29.7. The van der Waals surface area contributed by atoms with Crippen molar-refractivity contribution in [1.29, 1.82) is 0 Å². The molecule has 0 saturated carbocycles. The van der Waals surface area contributed by atoms with Crippen molar-refractivity contribution in [2.75, 3.05) is 49.0 Å². The number of rotatable bonds is 20. The monoisotopic (exact) mass is 1410 g/mol. The van der Waals surface area contributed by atoms with Crippen molar-refractivity contribution in [1.82, 2.24) is 0 Å². The van der Waals surface area contributed by atoms with Gasteiger partial charge in [0, 0.05) is 33.0 Å². The molecule has 8 atom stereocenters. The number of aryl methyl sites for hydroxylation is 2. The maximum Gasteiger partial charge on any atom is 1.00 e. The van der Waals surface area contributed by atoms with E-state index in [0.29, 0.717) is 34.9 Å². The van der Waals surface area contributed by atoms with Crippen molar-refractivity contribution in [2.24, 2.45) is 23.3 Å². The van der Waals surface area contributed by atoms with Gasteiger partial charge in [-0.15, -0.1) is 0 Å². The predicted molar refractivity (Wildman–Crippen MR) is 347 cm³/mol. The number of aliphatic hydroxyl groups is 6. The number of nitrogens with two attached hydrogens (primary N) is 2. The summed E-state index contributed by atoms with van der Waals surface area (Å²) in [5, 5.41) is 98.4. The smallest absolute Gasteiger partial charge is 0.870 e. The largest absolute Gasteiger partial charge is 1.00 e. The van der Waals surface area contributed by atoms with Crippen molar-refractivity contribution < 1.29 is 137 Å². The molecule has 2 aliphatic heterocycles. The number of ether oxygens (including phenoxy) is 7. The van der Waals surface area contributed by atoms with Gasteiger partial charge >= 0.3 is 53.0 Å². The van der Waals surface area contributed by atoms with Crippen LogP contribution in [0.5, 0.6) is 34.5 Å². The van der Waals surface area contributed by atoms with Crippen LogP contribution >= 0.6 is 15.9 Å². The first-order valence-corrected chi connectivity index (χ1v) is 30.9. The summed E-state index contributed by atoms with van der Waals surface area (Å²) in [6.45, 7) is 15.9. The van der Waals surface area contributed by atoms with E-state index in [9.17, 15) is 69.6 Å². The number of hydrogen-bond donors (Lipinski definition) is 12. The number of halogens is 1. The molecule has 2 saturated heterocycles. The standard InChI is InChI=1S/C33H40N2O12.C31H36N2O11.C2H5BrO.Na/c1-16(2)6-7-18-14-19(8-10-22(18)38)29(40)35-24-27(43-13-12-36)20-9-11-23(17(3)26(20)45-30(24)41)44-31-25(39)28(46-32(34)42)21(15-37)33(4,5)47-31;1-14(2)6-7-16-12-17(8-10-20(16)35)27(38)33-22-23(36)18-9-11-21(15(3)25(18)42-28(22)39)41-29-24(37)26(43-30(32)40)19(13-34)31(4,5)44-29;3-1-2-4;/h6,8-11,14,21,25,28,31,36-39H,7,12-13,15H2,1-5H3,(H2,34,42)(H,35,40);6,8-12,19,24,26,29,34-37H,7,13H2,1-5H3,(H2,32,40)(H,33,38);4H,1-2H2;/q;;;+1/p-1/t21-,25-,28-,31-;19-,24-,26-,29-;;/m11../s1. The quantitative estimate of drug-likeness (QED) is 0.0226. The van der Waals surface area contributed by atoms with Gasteiger partial charge in [-0.25, -0.2) is 19.2 Å². The van der Waals surface area contributed by atoms with Gasteiger partial charge in [0.1, 0.15) is 58.7 Å². The number of allylic oxidation sites excluding steroid dienone is 4. The number of aromatic hydroxyl groups is 2. The minimum absolute atomic E-state index is 0. The van der Waals surface area contributed by atoms with Crippen molar-refractivity contribution in [3.05, 3.63) is 138 Å². The number of aliphatic hydroxyl groups excluding tert-OH is 6. The molecule has 4 heterocycles. The Hall–Kier alpha value is -7.78. The molecular formula is C66H80BrN4NaO24. The number of alkyl halides is 1. The topological polar surface area (TPSA) is 454 Å². The number of fused-ring (bicyclic) bond motifs is 2. The molecular weight excluding hydrogens is 1340 g/mol. The zero-order valence-electron chi connectivity index (χ0n) is 54.8. The van der Waals surface area contributed by atoms with Crippen LogP contribution in [-0.2, 0) is 31.8 Å². The van der Waals surface area contributed by atoms with Gasteiger partial charge < -0.3 is 110 Å². The molecule has 0 bridgehead atoms. The molecule has 2 aromatic heterocycles. The summed E-state index contributed by atoms with van der Waals surface area (Å²) >= 11 is 3.00. The minimum atomic E-state index is -1.56. The second-order valence-corrected chi connectivity index (χ2v) is 24.4. The van der Waals surface area contributed by atoms with Crippen LogP contribution in [0.3, 0.4) is 0 Å².